The highest BCUT2D eigenvalue weighted by Crippen LogP contribution is 2.10. The molecule has 2 atom stereocenters. The van der Waals surface area contributed by atoms with Crippen LogP contribution in [-0.4, -0.2) is 35.9 Å². The fraction of sp³-hybridized carbons (Fsp3) is 0.467. The molecular weight excluding hydrogens is 272 g/mol. The largest absolute Gasteiger partial charge is 0.343 e. The summed E-state index contributed by atoms with van der Waals surface area (Å²) >= 11 is 1.68. The highest BCUT2D eigenvalue weighted by Gasteiger charge is 2.32. The average molecular weight is 292 g/mol. The Balaban J connectivity index is 1.85. The number of nitrogens with one attached hydrogen (secondary N) is 2. The maximum atomic E-state index is 12.0. The van der Waals surface area contributed by atoms with Crippen LogP contribution in [0.5, 0.6) is 0 Å². The molecule has 0 aliphatic carbocycles. The predicted molar refractivity (Wildman–Crippen MR) is 81.6 cm³/mol. The predicted octanol–water partition coefficient (Wildman–Crippen LogP) is 1.36. The normalized spacial score (nSPS) is 22.2. The summed E-state index contributed by atoms with van der Waals surface area (Å²) in [6, 6.07) is 9.21. The Kier molecular flexibility index (Phi) is 5.47. The Morgan fingerprint density at radius 3 is 2.20 bits per heavy atom. The Morgan fingerprint density at radius 1 is 1.00 bits per heavy atom. The molecule has 0 radical (unpaired) electrons. The lowest BCUT2D eigenvalue weighted by Crippen LogP contribution is -2.61. The highest BCUT2D eigenvalue weighted by atomic mass is 32.2. The molecule has 1 saturated heterocycles. The van der Waals surface area contributed by atoms with Gasteiger partial charge in [0.1, 0.15) is 12.1 Å². The first-order chi connectivity index (χ1) is 9.70. The monoisotopic (exact) mass is 292 g/mol. The molecule has 2 amide bonds. The minimum absolute atomic E-state index is 0.0586. The van der Waals surface area contributed by atoms with E-state index in [1.807, 2.05) is 36.6 Å². The summed E-state index contributed by atoms with van der Waals surface area (Å²) in [5, 5.41) is 5.66. The number of piperazine rings is 1. The fourth-order valence-electron chi connectivity index (χ4n) is 2.27. The first-order valence-corrected chi connectivity index (χ1v) is 8.23. The van der Waals surface area contributed by atoms with Crippen molar-refractivity contribution in [1.29, 1.82) is 0 Å². The summed E-state index contributed by atoms with van der Waals surface area (Å²) in [4.78, 5) is 23.9. The van der Waals surface area contributed by atoms with E-state index in [4.69, 9.17) is 0 Å². The van der Waals surface area contributed by atoms with Crippen molar-refractivity contribution in [2.45, 2.75) is 31.3 Å². The van der Waals surface area contributed by atoms with E-state index in [1.54, 1.807) is 11.8 Å². The summed E-state index contributed by atoms with van der Waals surface area (Å²) in [6.45, 7) is 0. The van der Waals surface area contributed by atoms with Crippen LogP contribution in [0.15, 0.2) is 30.3 Å². The van der Waals surface area contributed by atoms with E-state index in [9.17, 15) is 9.59 Å². The first kappa shape index (κ1) is 14.9. The van der Waals surface area contributed by atoms with Gasteiger partial charge in [0.2, 0.25) is 11.8 Å². The lowest BCUT2D eigenvalue weighted by molar-refractivity contribution is -0.136. The van der Waals surface area contributed by atoms with E-state index in [2.05, 4.69) is 10.6 Å². The molecule has 1 unspecified atom stereocenters. The van der Waals surface area contributed by atoms with E-state index < -0.39 is 6.04 Å². The van der Waals surface area contributed by atoms with Gasteiger partial charge in [0, 0.05) is 0 Å². The molecule has 20 heavy (non-hydrogen) atoms. The molecule has 1 heterocycles. The molecule has 1 fully saturated rings. The number of amides is 2. The van der Waals surface area contributed by atoms with Gasteiger partial charge in [-0.3, -0.25) is 9.59 Å². The Morgan fingerprint density at radius 2 is 1.60 bits per heavy atom. The van der Waals surface area contributed by atoms with E-state index in [0.29, 0.717) is 12.8 Å². The number of carbonyl (C=O) groups is 2. The van der Waals surface area contributed by atoms with Crippen LogP contribution >= 0.6 is 11.8 Å². The lowest BCUT2D eigenvalue weighted by Gasteiger charge is -2.29. The second kappa shape index (κ2) is 7.33. The lowest BCUT2D eigenvalue weighted by atomic mass is 10.0. The zero-order chi connectivity index (χ0) is 14.4. The van der Waals surface area contributed by atoms with Crippen molar-refractivity contribution in [2.75, 3.05) is 12.0 Å². The SMILES string of the molecule is CSCC[C@H]1NC(=O)C(CCc2ccccc2)NC1=O. The fourth-order valence-corrected chi connectivity index (χ4v) is 2.75. The van der Waals surface area contributed by atoms with Crippen molar-refractivity contribution in [2.24, 2.45) is 0 Å². The zero-order valence-electron chi connectivity index (χ0n) is 11.6. The third-order valence-corrected chi connectivity index (χ3v) is 4.09. The average Bonchev–Trinajstić information content (AvgIpc) is 2.47. The molecule has 1 aromatic carbocycles. The Hall–Kier alpha value is -1.49. The van der Waals surface area contributed by atoms with E-state index in [-0.39, 0.29) is 17.9 Å². The molecular formula is C15H20N2O2S. The molecule has 2 rings (SSSR count). The van der Waals surface area contributed by atoms with Crippen LogP contribution in [-0.2, 0) is 16.0 Å². The third kappa shape index (κ3) is 4.00. The minimum atomic E-state index is -0.409. The van der Waals surface area contributed by atoms with Gasteiger partial charge in [0.15, 0.2) is 0 Å². The van der Waals surface area contributed by atoms with E-state index in [1.165, 1.54) is 5.56 Å². The molecule has 1 aromatic rings. The molecule has 1 aliphatic heterocycles. The topological polar surface area (TPSA) is 58.2 Å². The summed E-state index contributed by atoms with van der Waals surface area (Å²) in [7, 11) is 0. The second-order valence-corrected chi connectivity index (χ2v) is 5.91. The van der Waals surface area contributed by atoms with Crippen LogP contribution in [0.25, 0.3) is 0 Å². The van der Waals surface area contributed by atoms with Gasteiger partial charge < -0.3 is 10.6 Å². The van der Waals surface area contributed by atoms with Crippen LogP contribution in [0.2, 0.25) is 0 Å². The Bertz CT molecular complexity index is 464. The first-order valence-electron chi connectivity index (χ1n) is 6.84. The summed E-state index contributed by atoms with van der Waals surface area (Å²) in [6.07, 6.45) is 4.10. The third-order valence-electron chi connectivity index (χ3n) is 3.44. The van der Waals surface area contributed by atoms with Crippen LogP contribution in [0.1, 0.15) is 18.4 Å². The number of hydrogen-bond acceptors (Lipinski definition) is 3. The molecule has 0 saturated carbocycles. The van der Waals surface area contributed by atoms with Crippen molar-refractivity contribution in [1.82, 2.24) is 10.6 Å². The number of carbonyl (C=O) groups excluding carboxylic acids is 2. The van der Waals surface area contributed by atoms with E-state index >= 15 is 0 Å². The van der Waals surface area contributed by atoms with Gasteiger partial charge >= 0.3 is 0 Å². The summed E-state index contributed by atoms with van der Waals surface area (Å²) in [5.74, 6) is 0.746. The minimum Gasteiger partial charge on any atom is -0.343 e. The molecule has 2 N–H and O–H groups in total. The van der Waals surface area contributed by atoms with Crippen LogP contribution < -0.4 is 10.6 Å². The molecule has 108 valence electrons. The van der Waals surface area contributed by atoms with Crippen LogP contribution in [0.3, 0.4) is 0 Å². The molecule has 5 heteroatoms. The van der Waals surface area contributed by atoms with Gasteiger partial charge in [-0.1, -0.05) is 30.3 Å². The number of benzene rings is 1. The van der Waals surface area contributed by atoms with Crippen molar-refractivity contribution in [3.05, 3.63) is 35.9 Å². The molecule has 0 spiro atoms. The van der Waals surface area contributed by atoms with Crippen molar-refractivity contribution in [3.8, 4) is 0 Å². The number of thioether (sulfide) groups is 1. The quantitative estimate of drug-likeness (QED) is 0.832. The number of hydrogen-bond donors (Lipinski definition) is 2. The van der Waals surface area contributed by atoms with Gasteiger partial charge in [-0.2, -0.15) is 11.8 Å². The van der Waals surface area contributed by atoms with Gasteiger partial charge in [-0.15, -0.1) is 0 Å². The van der Waals surface area contributed by atoms with Crippen molar-refractivity contribution >= 4 is 23.6 Å². The van der Waals surface area contributed by atoms with E-state index in [0.717, 1.165) is 12.2 Å². The molecule has 1 aliphatic rings. The van der Waals surface area contributed by atoms with Gasteiger partial charge in [0.05, 0.1) is 0 Å². The summed E-state index contributed by atoms with van der Waals surface area (Å²) < 4.78 is 0. The number of aryl methyl sites for hydroxylation is 1. The second-order valence-electron chi connectivity index (χ2n) is 4.93. The van der Waals surface area contributed by atoms with Gasteiger partial charge in [0.25, 0.3) is 0 Å². The zero-order valence-corrected chi connectivity index (χ0v) is 12.4. The molecule has 0 bridgehead atoms. The van der Waals surface area contributed by atoms with Crippen molar-refractivity contribution in [3.63, 3.8) is 0 Å². The maximum absolute atomic E-state index is 12.0. The number of rotatable bonds is 6. The highest BCUT2D eigenvalue weighted by molar-refractivity contribution is 7.98. The van der Waals surface area contributed by atoms with Gasteiger partial charge in [-0.05, 0) is 36.8 Å². The smallest absolute Gasteiger partial charge is 0.243 e. The van der Waals surface area contributed by atoms with Crippen molar-refractivity contribution < 1.29 is 9.59 Å². The molecule has 4 nitrogen and oxygen atoms in total. The van der Waals surface area contributed by atoms with Crippen LogP contribution in [0, 0.1) is 0 Å². The Labute approximate surface area is 123 Å². The standard InChI is InChI=1S/C15H20N2O2S/c1-20-10-9-13-15(19)16-12(14(18)17-13)8-7-11-5-3-2-4-6-11/h2-6,12-13H,7-10H2,1H3,(H,16,19)(H,17,18)/t12?,13-/m1/s1. The van der Waals surface area contributed by atoms with Gasteiger partial charge in [-0.25, -0.2) is 0 Å². The van der Waals surface area contributed by atoms with Crippen LogP contribution in [0.4, 0.5) is 0 Å². The molecule has 0 aromatic heterocycles. The maximum Gasteiger partial charge on any atom is 0.243 e. The summed E-state index contributed by atoms with van der Waals surface area (Å²) in [5.41, 5.74) is 1.18.